The Labute approximate surface area is 146 Å². The molecule has 2 aliphatic heterocycles. The summed E-state index contributed by atoms with van der Waals surface area (Å²) >= 11 is 0. The summed E-state index contributed by atoms with van der Waals surface area (Å²) in [6.07, 6.45) is 0.912. The molecular weight excluding hydrogens is 308 g/mol. The smallest absolute Gasteiger partial charge is 0.225 e. The number of rotatable bonds is 6. The van der Waals surface area contributed by atoms with E-state index in [0.717, 1.165) is 71.9 Å². The summed E-state index contributed by atoms with van der Waals surface area (Å²) in [6.45, 7) is 13.8. The molecule has 0 aliphatic carbocycles. The van der Waals surface area contributed by atoms with E-state index in [1.807, 2.05) is 18.7 Å². The van der Waals surface area contributed by atoms with Crippen molar-refractivity contribution in [1.82, 2.24) is 20.0 Å². The van der Waals surface area contributed by atoms with Gasteiger partial charge in [0, 0.05) is 71.4 Å². The van der Waals surface area contributed by atoms with Gasteiger partial charge in [-0.15, -0.1) is 0 Å². The fraction of sp³-hybridized carbons (Fsp3) is 0.941. The zero-order valence-corrected chi connectivity index (χ0v) is 15.4. The average molecular weight is 345 g/mol. The molecule has 142 valence electrons. The molecule has 0 radical (unpaired) electrons. The normalized spacial score (nSPS) is 21.1. The minimum absolute atomic E-state index is 0.148. The lowest BCUT2D eigenvalue weighted by atomic mass is 10.1. The number of nitrogens with one attached hydrogen (secondary N) is 1. The van der Waals surface area contributed by atoms with Crippen LogP contribution >= 0.6 is 0 Å². The molecule has 24 heavy (non-hydrogen) atoms. The van der Waals surface area contributed by atoms with Crippen molar-refractivity contribution in [3.63, 3.8) is 0 Å². The summed E-state index contributed by atoms with van der Waals surface area (Å²) in [7, 11) is 0. The summed E-state index contributed by atoms with van der Waals surface area (Å²) in [5.41, 5.74) is 0. The summed E-state index contributed by atoms with van der Waals surface area (Å²) in [4.78, 5) is 18.3. The predicted molar refractivity (Wildman–Crippen MR) is 96.0 cm³/mol. The van der Waals surface area contributed by atoms with Crippen molar-refractivity contribution < 1.29 is 15.0 Å². The van der Waals surface area contributed by atoms with Gasteiger partial charge in [0.05, 0.1) is 13.2 Å². The second-order valence-electron chi connectivity index (χ2n) is 6.52. The fourth-order valence-electron chi connectivity index (χ4n) is 2.90. The quantitative estimate of drug-likeness (QED) is 0.577. The van der Waals surface area contributed by atoms with Crippen molar-refractivity contribution in [2.45, 2.75) is 20.3 Å². The molecule has 0 aromatic carbocycles. The van der Waals surface area contributed by atoms with Crippen molar-refractivity contribution in [2.75, 3.05) is 78.7 Å². The highest BCUT2D eigenvalue weighted by atomic mass is 16.3. The number of piperazine rings is 2. The minimum Gasteiger partial charge on any atom is -0.395 e. The van der Waals surface area contributed by atoms with Crippen LogP contribution in [0.2, 0.25) is 0 Å². The molecule has 1 amide bonds. The molecule has 7 nitrogen and oxygen atoms in total. The maximum Gasteiger partial charge on any atom is 0.225 e. The van der Waals surface area contributed by atoms with Crippen LogP contribution in [0.3, 0.4) is 0 Å². The van der Waals surface area contributed by atoms with Gasteiger partial charge in [0.2, 0.25) is 5.91 Å². The van der Waals surface area contributed by atoms with Crippen LogP contribution in [-0.4, -0.2) is 109 Å². The minimum atomic E-state index is 0.148. The number of β-amino-alcohol motifs (C(OH)–C–C–N with tert-alkyl or cyclic N) is 2. The maximum absolute atomic E-state index is 11.9. The Hall–Kier alpha value is -0.730. The van der Waals surface area contributed by atoms with Gasteiger partial charge in [-0.3, -0.25) is 14.6 Å². The lowest BCUT2D eigenvalue weighted by molar-refractivity contribution is -0.136. The average Bonchev–Trinajstić information content (AvgIpc) is 2.63. The number of aliphatic hydroxyl groups is 2. The predicted octanol–water partition coefficient (Wildman–Crippen LogP) is -0.947. The molecular formula is C17H36N4O3. The first-order chi connectivity index (χ1) is 11.6. The van der Waals surface area contributed by atoms with E-state index in [4.69, 9.17) is 10.2 Å². The van der Waals surface area contributed by atoms with E-state index in [0.29, 0.717) is 6.61 Å². The molecule has 2 heterocycles. The third-order valence-electron chi connectivity index (χ3n) is 4.76. The highest BCUT2D eigenvalue weighted by Gasteiger charge is 2.23. The Morgan fingerprint density at radius 3 is 1.92 bits per heavy atom. The lowest BCUT2D eigenvalue weighted by Gasteiger charge is -2.35. The zero-order valence-electron chi connectivity index (χ0n) is 15.4. The zero-order chi connectivity index (χ0) is 17.8. The SMILES string of the molecule is CC[C@@H](C)C(=O)N1CCN(CCO)CC1.OCCN1CCNCC1. The van der Waals surface area contributed by atoms with E-state index in [2.05, 4.69) is 15.1 Å². The Morgan fingerprint density at radius 2 is 1.46 bits per heavy atom. The Bertz CT molecular complexity index is 327. The van der Waals surface area contributed by atoms with E-state index in [1.54, 1.807) is 0 Å². The molecule has 2 saturated heterocycles. The third kappa shape index (κ3) is 7.90. The van der Waals surface area contributed by atoms with Crippen molar-refractivity contribution in [1.29, 1.82) is 0 Å². The fourth-order valence-corrected chi connectivity index (χ4v) is 2.90. The van der Waals surface area contributed by atoms with E-state index < -0.39 is 0 Å². The first-order valence-corrected chi connectivity index (χ1v) is 9.28. The second-order valence-corrected chi connectivity index (χ2v) is 6.52. The van der Waals surface area contributed by atoms with Gasteiger partial charge in [-0.2, -0.15) is 0 Å². The Kier molecular flexibility index (Phi) is 11.2. The highest BCUT2D eigenvalue weighted by Crippen LogP contribution is 2.09. The number of aliphatic hydroxyl groups excluding tert-OH is 2. The number of hydrogen-bond donors (Lipinski definition) is 3. The molecule has 0 saturated carbocycles. The second kappa shape index (κ2) is 12.6. The van der Waals surface area contributed by atoms with Crippen LogP contribution in [0.25, 0.3) is 0 Å². The van der Waals surface area contributed by atoms with E-state index >= 15 is 0 Å². The third-order valence-corrected chi connectivity index (χ3v) is 4.76. The van der Waals surface area contributed by atoms with Crippen molar-refractivity contribution in [2.24, 2.45) is 5.92 Å². The molecule has 0 spiro atoms. The van der Waals surface area contributed by atoms with Crippen LogP contribution in [0.1, 0.15) is 20.3 Å². The molecule has 0 aromatic heterocycles. The highest BCUT2D eigenvalue weighted by molar-refractivity contribution is 5.78. The van der Waals surface area contributed by atoms with Gasteiger partial charge in [0.1, 0.15) is 0 Å². The molecule has 3 N–H and O–H groups in total. The monoisotopic (exact) mass is 344 g/mol. The molecule has 0 bridgehead atoms. The van der Waals surface area contributed by atoms with Gasteiger partial charge in [-0.25, -0.2) is 0 Å². The summed E-state index contributed by atoms with van der Waals surface area (Å²) in [5.74, 6) is 0.426. The summed E-state index contributed by atoms with van der Waals surface area (Å²) in [5, 5.41) is 20.6. The number of amides is 1. The number of carbonyl (C=O) groups excluding carboxylic acids is 1. The van der Waals surface area contributed by atoms with Gasteiger partial charge >= 0.3 is 0 Å². The van der Waals surface area contributed by atoms with Gasteiger partial charge in [0.25, 0.3) is 0 Å². The molecule has 1 atom stereocenters. The molecule has 0 unspecified atom stereocenters. The lowest BCUT2D eigenvalue weighted by Crippen LogP contribution is -2.50. The van der Waals surface area contributed by atoms with Crippen LogP contribution in [0.4, 0.5) is 0 Å². The van der Waals surface area contributed by atoms with E-state index in [-0.39, 0.29) is 18.4 Å². The van der Waals surface area contributed by atoms with Crippen molar-refractivity contribution >= 4 is 5.91 Å². The van der Waals surface area contributed by atoms with E-state index in [9.17, 15) is 4.79 Å². The first-order valence-electron chi connectivity index (χ1n) is 9.28. The molecule has 2 fully saturated rings. The summed E-state index contributed by atoms with van der Waals surface area (Å²) < 4.78 is 0. The topological polar surface area (TPSA) is 79.3 Å². The number of carbonyl (C=O) groups is 1. The molecule has 2 rings (SSSR count). The van der Waals surface area contributed by atoms with Gasteiger partial charge in [0.15, 0.2) is 0 Å². The van der Waals surface area contributed by atoms with Gasteiger partial charge in [-0.1, -0.05) is 13.8 Å². The van der Waals surface area contributed by atoms with Crippen molar-refractivity contribution in [3.8, 4) is 0 Å². The number of nitrogens with zero attached hydrogens (tertiary/aromatic N) is 3. The van der Waals surface area contributed by atoms with Crippen LogP contribution in [0.15, 0.2) is 0 Å². The van der Waals surface area contributed by atoms with Gasteiger partial charge in [-0.05, 0) is 6.42 Å². The number of hydrogen-bond acceptors (Lipinski definition) is 6. The van der Waals surface area contributed by atoms with Crippen LogP contribution in [0, 0.1) is 5.92 Å². The maximum atomic E-state index is 11.9. The van der Waals surface area contributed by atoms with Crippen LogP contribution in [-0.2, 0) is 4.79 Å². The van der Waals surface area contributed by atoms with E-state index in [1.165, 1.54) is 0 Å². The first kappa shape index (κ1) is 21.3. The molecule has 2 aliphatic rings. The summed E-state index contributed by atoms with van der Waals surface area (Å²) in [6, 6.07) is 0. The molecule has 0 aromatic rings. The van der Waals surface area contributed by atoms with Gasteiger partial charge < -0.3 is 20.4 Å². The standard InChI is InChI=1S/C11H22N2O2.C6H14N2O/c1-3-10(2)11(15)13-6-4-12(5-7-13)8-9-14;9-6-5-8-3-1-7-2-4-8/h10,14H,3-9H2,1-2H3;7,9H,1-6H2/t10-;/m1./s1. The van der Waals surface area contributed by atoms with Crippen LogP contribution in [0.5, 0.6) is 0 Å². The van der Waals surface area contributed by atoms with Crippen LogP contribution < -0.4 is 5.32 Å². The Balaban J connectivity index is 0.000000272. The largest absolute Gasteiger partial charge is 0.395 e. The Morgan fingerprint density at radius 1 is 0.958 bits per heavy atom. The molecule has 7 heteroatoms. The van der Waals surface area contributed by atoms with Crippen molar-refractivity contribution in [3.05, 3.63) is 0 Å².